The highest BCUT2D eigenvalue weighted by Gasteiger charge is 2.31. The third kappa shape index (κ3) is 6.21. The summed E-state index contributed by atoms with van der Waals surface area (Å²) in [5.74, 6) is -1.14. The zero-order valence-electron chi connectivity index (χ0n) is 12.9. The minimum Gasteiger partial charge on any atom is -0.459 e. The third-order valence-corrected chi connectivity index (χ3v) is 3.06. The van der Waals surface area contributed by atoms with E-state index in [0.717, 1.165) is 0 Å². The van der Waals surface area contributed by atoms with Crippen LogP contribution >= 0.6 is 0 Å². The quantitative estimate of drug-likeness (QED) is 0.799. The maximum atomic E-state index is 12.3. The highest BCUT2D eigenvalue weighted by molar-refractivity contribution is 5.91. The molecule has 9 heteroatoms. The van der Waals surface area contributed by atoms with Gasteiger partial charge < -0.3 is 19.8 Å². The van der Waals surface area contributed by atoms with Crippen molar-refractivity contribution in [3.8, 4) is 5.75 Å². The van der Waals surface area contributed by atoms with Crippen molar-refractivity contribution in [2.75, 3.05) is 6.54 Å². The highest BCUT2D eigenvalue weighted by atomic mass is 19.4. The van der Waals surface area contributed by atoms with Crippen molar-refractivity contribution in [2.45, 2.75) is 19.3 Å². The van der Waals surface area contributed by atoms with Crippen molar-refractivity contribution in [1.82, 2.24) is 10.6 Å². The van der Waals surface area contributed by atoms with Crippen molar-refractivity contribution in [3.63, 3.8) is 0 Å². The van der Waals surface area contributed by atoms with Gasteiger partial charge in [-0.2, -0.15) is 0 Å². The molecule has 1 aromatic heterocycles. The summed E-state index contributed by atoms with van der Waals surface area (Å²) >= 11 is 0. The minimum atomic E-state index is -4.81. The Morgan fingerprint density at radius 2 is 1.84 bits per heavy atom. The molecule has 0 atom stereocenters. The van der Waals surface area contributed by atoms with Crippen LogP contribution in [0.15, 0.2) is 47.1 Å². The fraction of sp³-hybridized carbons (Fsp3) is 0.250. The Morgan fingerprint density at radius 1 is 1.08 bits per heavy atom. The smallest absolute Gasteiger partial charge is 0.459 e. The number of furan rings is 1. The molecule has 2 aromatic rings. The van der Waals surface area contributed by atoms with E-state index >= 15 is 0 Å². The summed E-state index contributed by atoms with van der Waals surface area (Å²) in [6.45, 7) is -0.0662. The van der Waals surface area contributed by atoms with Crippen molar-refractivity contribution in [2.24, 2.45) is 0 Å². The summed E-state index contributed by atoms with van der Waals surface area (Å²) in [4.78, 5) is 23.3. The molecule has 0 aliphatic rings. The second-order valence-electron chi connectivity index (χ2n) is 4.92. The van der Waals surface area contributed by atoms with Crippen molar-refractivity contribution < 1.29 is 31.9 Å². The van der Waals surface area contributed by atoms with E-state index in [-0.39, 0.29) is 36.6 Å². The van der Waals surface area contributed by atoms with Crippen LogP contribution in [-0.2, 0) is 11.3 Å². The fourth-order valence-electron chi connectivity index (χ4n) is 1.94. The number of hydrogen-bond donors (Lipinski definition) is 2. The van der Waals surface area contributed by atoms with Gasteiger partial charge in [-0.3, -0.25) is 9.59 Å². The van der Waals surface area contributed by atoms with E-state index in [0.29, 0.717) is 0 Å². The highest BCUT2D eigenvalue weighted by Crippen LogP contribution is 2.26. The molecular formula is C16H15F3N2O4. The maximum absolute atomic E-state index is 12.3. The molecule has 2 N–H and O–H groups in total. The fourth-order valence-corrected chi connectivity index (χ4v) is 1.94. The van der Waals surface area contributed by atoms with Gasteiger partial charge in [0.2, 0.25) is 5.91 Å². The Bertz CT molecular complexity index is 714. The molecule has 0 radical (unpaired) electrons. The van der Waals surface area contributed by atoms with E-state index < -0.39 is 18.2 Å². The van der Waals surface area contributed by atoms with E-state index in [1.807, 2.05) is 0 Å². The van der Waals surface area contributed by atoms with Gasteiger partial charge in [-0.1, -0.05) is 18.2 Å². The largest absolute Gasteiger partial charge is 0.573 e. The molecule has 0 fully saturated rings. The van der Waals surface area contributed by atoms with Gasteiger partial charge in [-0.05, 0) is 18.2 Å². The summed E-state index contributed by atoms with van der Waals surface area (Å²) in [6, 6.07) is 8.55. The van der Waals surface area contributed by atoms with Crippen LogP contribution in [0.25, 0.3) is 0 Å². The van der Waals surface area contributed by atoms with E-state index in [1.165, 1.54) is 36.6 Å². The van der Waals surface area contributed by atoms with Gasteiger partial charge in [-0.15, -0.1) is 13.2 Å². The van der Waals surface area contributed by atoms with Crippen LogP contribution < -0.4 is 15.4 Å². The van der Waals surface area contributed by atoms with Gasteiger partial charge in [0, 0.05) is 25.1 Å². The molecule has 0 aliphatic carbocycles. The molecule has 2 rings (SSSR count). The summed E-state index contributed by atoms with van der Waals surface area (Å²) in [6.07, 6.45) is -3.49. The molecule has 0 aliphatic heterocycles. The van der Waals surface area contributed by atoms with Crippen LogP contribution in [0.4, 0.5) is 13.2 Å². The molecule has 134 valence electrons. The number of amides is 2. The number of carbonyl (C=O) groups excluding carboxylic acids is 2. The molecule has 0 saturated carbocycles. The van der Waals surface area contributed by atoms with Crippen LogP contribution in [0.3, 0.4) is 0 Å². The van der Waals surface area contributed by atoms with E-state index in [1.54, 1.807) is 6.07 Å². The van der Waals surface area contributed by atoms with E-state index in [4.69, 9.17) is 4.42 Å². The van der Waals surface area contributed by atoms with Gasteiger partial charge in [0.1, 0.15) is 5.75 Å². The van der Waals surface area contributed by atoms with E-state index in [2.05, 4.69) is 15.4 Å². The van der Waals surface area contributed by atoms with Crippen LogP contribution in [0.2, 0.25) is 0 Å². The standard InChI is InChI=1S/C16H15F3N2O4/c17-16(18,19)25-12-5-2-1-4-11(12)10-21-14(22)7-8-20-15(23)13-6-3-9-24-13/h1-6,9H,7-8,10H2,(H,20,23)(H,21,22). The first-order valence-corrected chi connectivity index (χ1v) is 7.27. The predicted octanol–water partition coefficient (Wildman–Crippen LogP) is 2.61. The number of hydrogen-bond acceptors (Lipinski definition) is 4. The minimum absolute atomic E-state index is 0.0330. The predicted molar refractivity (Wildman–Crippen MR) is 80.6 cm³/mol. The second-order valence-corrected chi connectivity index (χ2v) is 4.92. The van der Waals surface area contributed by atoms with Crippen LogP contribution in [-0.4, -0.2) is 24.7 Å². The second kappa shape index (κ2) is 8.22. The zero-order chi connectivity index (χ0) is 18.3. The SMILES string of the molecule is O=C(CCNC(=O)c1ccco1)NCc1ccccc1OC(F)(F)F. The molecule has 25 heavy (non-hydrogen) atoms. The molecule has 1 aromatic carbocycles. The molecular weight excluding hydrogens is 341 g/mol. The van der Waals surface area contributed by atoms with Crippen LogP contribution in [0, 0.1) is 0 Å². The number of carbonyl (C=O) groups is 2. The normalized spacial score (nSPS) is 11.0. The number of ether oxygens (including phenoxy) is 1. The molecule has 1 heterocycles. The van der Waals surface area contributed by atoms with Crippen molar-refractivity contribution in [3.05, 3.63) is 54.0 Å². The Kier molecular flexibility index (Phi) is 6.04. The summed E-state index contributed by atoms with van der Waals surface area (Å²) in [5.41, 5.74) is 0.188. The molecule has 0 unspecified atom stereocenters. The van der Waals surface area contributed by atoms with Gasteiger partial charge in [0.05, 0.1) is 6.26 Å². The first kappa shape index (κ1) is 18.4. The number of para-hydroxylation sites is 1. The van der Waals surface area contributed by atoms with Gasteiger partial charge in [0.25, 0.3) is 5.91 Å². The Balaban J connectivity index is 1.77. The lowest BCUT2D eigenvalue weighted by atomic mass is 10.2. The Labute approximate surface area is 141 Å². The number of nitrogens with one attached hydrogen (secondary N) is 2. The van der Waals surface area contributed by atoms with E-state index in [9.17, 15) is 22.8 Å². The number of alkyl halides is 3. The van der Waals surface area contributed by atoms with Crippen molar-refractivity contribution in [1.29, 1.82) is 0 Å². The van der Waals surface area contributed by atoms with Gasteiger partial charge >= 0.3 is 6.36 Å². The van der Waals surface area contributed by atoms with Crippen LogP contribution in [0.1, 0.15) is 22.5 Å². The molecule has 0 bridgehead atoms. The van der Waals surface area contributed by atoms with Gasteiger partial charge in [0.15, 0.2) is 5.76 Å². The summed E-state index contributed by atoms with van der Waals surface area (Å²) in [5, 5.41) is 4.96. The average molecular weight is 356 g/mol. The van der Waals surface area contributed by atoms with Crippen LogP contribution in [0.5, 0.6) is 5.75 Å². The molecule has 2 amide bonds. The topological polar surface area (TPSA) is 80.6 Å². The lowest BCUT2D eigenvalue weighted by Gasteiger charge is -2.13. The molecule has 0 spiro atoms. The van der Waals surface area contributed by atoms with Crippen molar-refractivity contribution >= 4 is 11.8 Å². The maximum Gasteiger partial charge on any atom is 0.573 e. The lowest BCUT2D eigenvalue weighted by Crippen LogP contribution is -2.30. The lowest BCUT2D eigenvalue weighted by molar-refractivity contribution is -0.274. The summed E-state index contributed by atoms with van der Waals surface area (Å²) < 4.78 is 45.8. The van der Waals surface area contributed by atoms with Gasteiger partial charge in [-0.25, -0.2) is 0 Å². The Hall–Kier alpha value is -2.97. The number of benzene rings is 1. The number of halogens is 3. The average Bonchev–Trinajstić information content (AvgIpc) is 3.07. The first-order chi connectivity index (χ1) is 11.8. The molecule has 0 saturated heterocycles. The number of rotatable bonds is 7. The monoisotopic (exact) mass is 356 g/mol. The third-order valence-electron chi connectivity index (χ3n) is 3.06. The Morgan fingerprint density at radius 3 is 2.52 bits per heavy atom. The summed E-state index contributed by atoms with van der Waals surface area (Å²) in [7, 11) is 0. The first-order valence-electron chi connectivity index (χ1n) is 7.27. The zero-order valence-corrected chi connectivity index (χ0v) is 12.9. The molecule has 6 nitrogen and oxygen atoms in total.